The maximum absolute atomic E-state index is 11.8. The van der Waals surface area contributed by atoms with Gasteiger partial charge in [-0.3, -0.25) is 9.59 Å². The maximum atomic E-state index is 11.8. The van der Waals surface area contributed by atoms with Crippen molar-refractivity contribution in [1.29, 1.82) is 0 Å². The molecule has 1 fully saturated rings. The first-order valence-electron chi connectivity index (χ1n) is 8.30. The van der Waals surface area contributed by atoms with Crippen LogP contribution in [0.15, 0.2) is 18.2 Å². The Morgan fingerprint density at radius 2 is 1.92 bits per heavy atom. The van der Waals surface area contributed by atoms with Crippen LogP contribution in [0.25, 0.3) is 0 Å². The summed E-state index contributed by atoms with van der Waals surface area (Å²) in [5.74, 6) is 0.00798. The Balaban J connectivity index is 1.42. The topological polar surface area (TPSA) is 96.9 Å². The van der Waals surface area contributed by atoms with Gasteiger partial charge in [0.05, 0.1) is 6.10 Å². The van der Waals surface area contributed by atoms with Crippen LogP contribution in [0.3, 0.4) is 0 Å². The van der Waals surface area contributed by atoms with Crippen molar-refractivity contribution in [2.75, 3.05) is 13.3 Å². The fraction of sp³-hybridized carbons (Fsp3) is 0.529. The second-order valence-corrected chi connectivity index (χ2v) is 6.13. The van der Waals surface area contributed by atoms with Gasteiger partial charge in [0.2, 0.25) is 6.79 Å². The number of carbonyl (C=O) groups excluding carboxylic acids is 2. The fourth-order valence-corrected chi connectivity index (χ4v) is 3.01. The van der Waals surface area contributed by atoms with Gasteiger partial charge < -0.3 is 25.2 Å². The summed E-state index contributed by atoms with van der Waals surface area (Å²) in [7, 11) is 0. The number of nitrogens with one attached hydrogen (secondary N) is 2. The van der Waals surface area contributed by atoms with E-state index in [-0.39, 0.29) is 19.4 Å². The van der Waals surface area contributed by atoms with Gasteiger partial charge in [-0.1, -0.05) is 18.9 Å². The molecule has 0 unspecified atom stereocenters. The highest BCUT2D eigenvalue weighted by atomic mass is 16.7. The van der Waals surface area contributed by atoms with E-state index >= 15 is 0 Å². The van der Waals surface area contributed by atoms with Crippen LogP contribution in [0.4, 0.5) is 0 Å². The summed E-state index contributed by atoms with van der Waals surface area (Å²) in [5.41, 5.74) is 0.684. The summed E-state index contributed by atoms with van der Waals surface area (Å²) >= 11 is 0. The van der Waals surface area contributed by atoms with Crippen LogP contribution in [0.1, 0.15) is 43.8 Å². The molecule has 3 N–H and O–H groups in total. The molecule has 1 heterocycles. The number of fused-ring (bicyclic) bond motifs is 1. The summed E-state index contributed by atoms with van der Waals surface area (Å²) in [5, 5.41) is 15.5. The molecule has 2 aliphatic rings. The highest BCUT2D eigenvalue weighted by Crippen LogP contribution is 2.34. The fourth-order valence-electron chi connectivity index (χ4n) is 3.01. The Morgan fingerprint density at radius 3 is 2.71 bits per heavy atom. The molecule has 1 aliphatic heterocycles. The highest BCUT2D eigenvalue weighted by molar-refractivity contribution is 6.35. The van der Waals surface area contributed by atoms with E-state index in [1.165, 1.54) is 0 Å². The first kappa shape index (κ1) is 16.6. The zero-order chi connectivity index (χ0) is 16.9. The summed E-state index contributed by atoms with van der Waals surface area (Å²) in [4.78, 5) is 23.5. The molecule has 3 rings (SSSR count). The number of aliphatic hydroxyl groups is 1. The van der Waals surface area contributed by atoms with Crippen molar-refractivity contribution in [2.45, 2.75) is 44.2 Å². The van der Waals surface area contributed by atoms with E-state index in [0.717, 1.165) is 25.7 Å². The van der Waals surface area contributed by atoms with Crippen molar-refractivity contribution in [1.82, 2.24) is 10.6 Å². The van der Waals surface area contributed by atoms with Crippen molar-refractivity contribution < 1.29 is 24.2 Å². The second-order valence-electron chi connectivity index (χ2n) is 6.13. The van der Waals surface area contributed by atoms with E-state index in [1.54, 1.807) is 18.2 Å². The Labute approximate surface area is 140 Å². The Bertz CT molecular complexity index is 613. The first-order chi connectivity index (χ1) is 11.6. The summed E-state index contributed by atoms with van der Waals surface area (Å²) in [6.07, 6.45) is 3.60. The molecule has 1 aromatic rings. The van der Waals surface area contributed by atoms with Crippen molar-refractivity contribution >= 4 is 11.8 Å². The predicted octanol–water partition coefficient (Wildman–Crippen LogP) is 1.01. The molecule has 0 spiro atoms. The lowest BCUT2D eigenvalue weighted by Crippen LogP contribution is -2.44. The average molecular weight is 334 g/mol. The number of amides is 2. The third-order valence-electron chi connectivity index (χ3n) is 4.38. The number of carbonyl (C=O) groups is 2. The van der Waals surface area contributed by atoms with Crippen molar-refractivity contribution in [3.8, 4) is 11.5 Å². The molecule has 7 nitrogen and oxygen atoms in total. The van der Waals surface area contributed by atoms with E-state index in [1.807, 2.05) is 0 Å². The second kappa shape index (κ2) is 7.53. The van der Waals surface area contributed by atoms with Crippen molar-refractivity contribution in [3.63, 3.8) is 0 Å². The summed E-state index contributed by atoms with van der Waals surface area (Å²) < 4.78 is 10.5. The SMILES string of the molecule is O=C(NCC[C@H](O)c1ccc2c(c1)OCO2)C(=O)NC1CCCC1. The lowest BCUT2D eigenvalue weighted by molar-refractivity contribution is -0.139. The molecule has 1 saturated carbocycles. The quantitative estimate of drug-likeness (QED) is 0.699. The van der Waals surface area contributed by atoms with Gasteiger partial charge in [-0.25, -0.2) is 0 Å². The van der Waals surface area contributed by atoms with Crippen LogP contribution in [0, 0.1) is 0 Å². The van der Waals surface area contributed by atoms with E-state index in [9.17, 15) is 14.7 Å². The molecule has 0 saturated heterocycles. The molecular weight excluding hydrogens is 312 g/mol. The van der Waals surface area contributed by atoms with Gasteiger partial charge in [0.15, 0.2) is 11.5 Å². The Kier molecular flexibility index (Phi) is 5.20. The van der Waals surface area contributed by atoms with Gasteiger partial charge in [-0.15, -0.1) is 0 Å². The van der Waals surface area contributed by atoms with Gasteiger partial charge in [0, 0.05) is 12.6 Å². The lowest BCUT2D eigenvalue weighted by Gasteiger charge is -2.14. The largest absolute Gasteiger partial charge is 0.454 e. The number of aliphatic hydroxyl groups excluding tert-OH is 1. The minimum absolute atomic E-state index is 0.113. The molecule has 1 aliphatic carbocycles. The van der Waals surface area contributed by atoms with Crippen LogP contribution in [0.2, 0.25) is 0 Å². The smallest absolute Gasteiger partial charge is 0.309 e. The van der Waals surface area contributed by atoms with Gasteiger partial charge in [-0.2, -0.15) is 0 Å². The minimum Gasteiger partial charge on any atom is -0.454 e. The first-order valence-corrected chi connectivity index (χ1v) is 8.30. The zero-order valence-electron chi connectivity index (χ0n) is 13.4. The molecule has 2 amide bonds. The molecule has 0 bridgehead atoms. The number of benzene rings is 1. The lowest BCUT2D eigenvalue weighted by atomic mass is 10.1. The molecule has 0 aromatic heterocycles. The molecule has 7 heteroatoms. The van der Waals surface area contributed by atoms with E-state index < -0.39 is 17.9 Å². The van der Waals surface area contributed by atoms with E-state index in [2.05, 4.69) is 10.6 Å². The number of rotatable bonds is 5. The number of hydrogen-bond donors (Lipinski definition) is 3. The van der Waals surface area contributed by atoms with Crippen molar-refractivity contribution in [3.05, 3.63) is 23.8 Å². The summed E-state index contributed by atoms with van der Waals surface area (Å²) in [6, 6.07) is 5.34. The minimum atomic E-state index is -0.752. The molecule has 0 radical (unpaired) electrons. The van der Waals surface area contributed by atoms with Gasteiger partial charge in [0.25, 0.3) is 0 Å². The average Bonchev–Trinajstić information content (AvgIpc) is 3.24. The highest BCUT2D eigenvalue weighted by Gasteiger charge is 2.21. The molecule has 1 aromatic carbocycles. The van der Waals surface area contributed by atoms with E-state index in [4.69, 9.17) is 9.47 Å². The van der Waals surface area contributed by atoms with Crippen LogP contribution >= 0.6 is 0 Å². The molecular formula is C17H22N2O5. The molecule has 24 heavy (non-hydrogen) atoms. The monoisotopic (exact) mass is 334 g/mol. The standard InChI is InChI=1S/C17H22N2O5/c20-13(11-5-6-14-15(9-11)24-10-23-14)7-8-18-16(21)17(22)19-12-3-1-2-4-12/h5-6,9,12-13,20H,1-4,7-8,10H2,(H,18,21)(H,19,22)/t13-/m0/s1. The van der Waals surface area contributed by atoms with Gasteiger partial charge in [0.1, 0.15) is 0 Å². The Morgan fingerprint density at radius 1 is 1.17 bits per heavy atom. The zero-order valence-corrected chi connectivity index (χ0v) is 13.4. The normalized spacial score (nSPS) is 17.5. The van der Waals surface area contributed by atoms with Crippen LogP contribution in [-0.2, 0) is 9.59 Å². The van der Waals surface area contributed by atoms with Crippen LogP contribution < -0.4 is 20.1 Å². The maximum Gasteiger partial charge on any atom is 0.309 e. The third-order valence-corrected chi connectivity index (χ3v) is 4.38. The van der Waals surface area contributed by atoms with E-state index in [0.29, 0.717) is 23.5 Å². The summed E-state index contributed by atoms with van der Waals surface area (Å²) in [6.45, 7) is 0.396. The molecule has 130 valence electrons. The van der Waals surface area contributed by atoms with Crippen LogP contribution in [0.5, 0.6) is 11.5 Å². The van der Waals surface area contributed by atoms with Crippen molar-refractivity contribution in [2.24, 2.45) is 0 Å². The van der Waals surface area contributed by atoms with Crippen LogP contribution in [-0.4, -0.2) is 36.3 Å². The number of ether oxygens (including phenoxy) is 2. The van der Waals surface area contributed by atoms with Gasteiger partial charge in [-0.05, 0) is 37.0 Å². The molecule has 1 atom stereocenters. The predicted molar refractivity (Wildman–Crippen MR) is 85.6 cm³/mol. The third kappa shape index (κ3) is 3.97. The van der Waals surface area contributed by atoms with Gasteiger partial charge >= 0.3 is 11.8 Å². The Hall–Kier alpha value is -2.28. The number of hydrogen-bond acceptors (Lipinski definition) is 5.